The molecule has 0 radical (unpaired) electrons. The number of anilines is 2. The average Bonchev–Trinajstić information content (AvgIpc) is 3.69. The van der Waals surface area contributed by atoms with E-state index in [0.717, 1.165) is 90.1 Å². The summed E-state index contributed by atoms with van der Waals surface area (Å²) >= 11 is 0. The minimum atomic E-state index is 0.499. The third-order valence-electron chi connectivity index (χ3n) is 8.53. The van der Waals surface area contributed by atoms with E-state index in [1.54, 1.807) is 0 Å². The molecule has 0 spiro atoms. The van der Waals surface area contributed by atoms with Gasteiger partial charge in [0.1, 0.15) is 0 Å². The van der Waals surface area contributed by atoms with Crippen LogP contribution in [0.2, 0.25) is 0 Å². The predicted molar refractivity (Wildman–Crippen MR) is 166 cm³/mol. The number of piperidine rings is 1. The molecule has 5 heterocycles. The molecule has 1 N–H and O–H groups in total. The lowest BCUT2D eigenvalue weighted by molar-refractivity contribution is 0.201. The summed E-state index contributed by atoms with van der Waals surface area (Å²) in [7, 11) is 0. The van der Waals surface area contributed by atoms with Gasteiger partial charge < -0.3 is 5.32 Å². The minimum absolute atomic E-state index is 0.499. The molecule has 0 aliphatic carbocycles. The van der Waals surface area contributed by atoms with Crippen molar-refractivity contribution in [2.45, 2.75) is 25.8 Å². The van der Waals surface area contributed by atoms with Crippen LogP contribution in [-0.4, -0.2) is 49.2 Å². The Labute approximate surface area is 244 Å². The van der Waals surface area contributed by atoms with Crippen molar-refractivity contribution >= 4 is 22.8 Å². The smallest absolute Gasteiger partial charge is 0.171 e. The topological polar surface area (TPSA) is 83.6 Å². The van der Waals surface area contributed by atoms with Gasteiger partial charge in [-0.15, -0.1) is 10.2 Å². The van der Waals surface area contributed by atoms with E-state index in [2.05, 4.69) is 101 Å². The molecule has 2 aromatic heterocycles. The largest absolute Gasteiger partial charge is 0.353 e. The van der Waals surface area contributed by atoms with Crippen LogP contribution in [0, 0.1) is 5.92 Å². The molecule has 1 fully saturated rings. The maximum Gasteiger partial charge on any atom is 0.171 e. The van der Waals surface area contributed by atoms with Crippen LogP contribution in [0.1, 0.15) is 30.5 Å². The van der Waals surface area contributed by atoms with Crippen molar-refractivity contribution in [1.29, 1.82) is 0 Å². The van der Waals surface area contributed by atoms with Crippen LogP contribution in [0.15, 0.2) is 107 Å². The predicted octanol–water partition coefficient (Wildman–Crippen LogP) is 6.51. The van der Waals surface area contributed by atoms with Crippen molar-refractivity contribution in [3.63, 3.8) is 0 Å². The summed E-state index contributed by atoms with van der Waals surface area (Å²) in [5.41, 5.74) is 9.64. The molecule has 8 nitrogen and oxygen atoms in total. The van der Waals surface area contributed by atoms with Gasteiger partial charge in [-0.05, 0) is 67.9 Å². The Kier molecular flexibility index (Phi) is 6.18. The van der Waals surface area contributed by atoms with Crippen molar-refractivity contribution in [2.24, 2.45) is 16.1 Å². The molecule has 3 aliphatic heterocycles. The van der Waals surface area contributed by atoms with Gasteiger partial charge in [-0.3, -0.25) is 14.5 Å². The van der Waals surface area contributed by atoms with Crippen LogP contribution in [0.4, 0.5) is 11.4 Å². The van der Waals surface area contributed by atoms with Gasteiger partial charge in [0.05, 0.1) is 22.8 Å². The molecular formula is C34H30N8. The summed E-state index contributed by atoms with van der Waals surface area (Å²) in [5, 5.41) is 21.9. The van der Waals surface area contributed by atoms with Gasteiger partial charge in [0.2, 0.25) is 0 Å². The normalized spacial score (nSPS) is 16.5. The summed E-state index contributed by atoms with van der Waals surface area (Å²) in [4.78, 5) is 6.99. The summed E-state index contributed by atoms with van der Waals surface area (Å²) in [6.07, 6.45) is 4.87. The molecule has 3 aliphatic rings. The Morgan fingerprint density at radius 1 is 0.738 bits per heavy atom. The fourth-order valence-corrected chi connectivity index (χ4v) is 6.29. The monoisotopic (exact) mass is 550 g/mol. The lowest BCUT2D eigenvalue weighted by Crippen LogP contribution is -2.36. The van der Waals surface area contributed by atoms with Crippen LogP contribution < -0.4 is 5.32 Å². The van der Waals surface area contributed by atoms with Crippen LogP contribution >= 0.6 is 0 Å². The van der Waals surface area contributed by atoms with Gasteiger partial charge in [0, 0.05) is 47.6 Å². The van der Waals surface area contributed by atoms with E-state index in [9.17, 15) is 0 Å². The zero-order valence-corrected chi connectivity index (χ0v) is 23.2. The number of benzene rings is 3. The second kappa shape index (κ2) is 10.5. The van der Waals surface area contributed by atoms with Gasteiger partial charge in [-0.25, -0.2) is 0 Å². The highest BCUT2D eigenvalue weighted by Gasteiger charge is 2.28. The van der Waals surface area contributed by atoms with E-state index >= 15 is 0 Å². The zero-order chi connectivity index (χ0) is 27.9. The van der Waals surface area contributed by atoms with Crippen LogP contribution in [0.3, 0.4) is 0 Å². The molecule has 1 saturated heterocycles. The summed E-state index contributed by atoms with van der Waals surface area (Å²) in [6, 6.07) is 31.3. The number of nitrogens with one attached hydrogen (secondary N) is 1. The first-order valence-electron chi connectivity index (χ1n) is 14.6. The maximum absolute atomic E-state index is 4.67. The van der Waals surface area contributed by atoms with E-state index in [1.807, 2.05) is 36.5 Å². The maximum atomic E-state index is 4.67. The molecule has 42 heavy (non-hydrogen) atoms. The molecule has 0 bridgehead atoms. The van der Waals surface area contributed by atoms with Crippen molar-refractivity contribution in [2.75, 3.05) is 18.4 Å². The first kappa shape index (κ1) is 24.8. The van der Waals surface area contributed by atoms with E-state index in [0.29, 0.717) is 5.92 Å². The fraction of sp³-hybridized carbons (Fsp3) is 0.206. The number of aromatic nitrogens is 4. The van der Waals surface area contributed by atoms with Crippen LogP contribution in [-0.2, 0) is 6.54 Å². The first-order valence-corrected chi connectivity index (χ1v) is 14.6. The van der Waals surface area contributed by atoms with Gasteiger partial charge in [-0.1, -0.05) is 54.6 Å². The highest BCUT2D eigenvalue weighted by atomic mass is 15.3. The SMILES string of the molecule is c1ccc(C2=NN=C(C3CCN(Cc4ccc(-c5nnc6n5-c5ccccc5Nc5ccccc5-6)cc4)CC3)C2)nc1. The minimum Gasteiger partial charge on any atom is -0.353 e. The molecule has 8 rings (SSSR count). The highest BCUT2D eigenvalue weighted by molar-refractivity contribution is 6.14. The summed E-state index contributed by atoms with van der Waals surface area (Å²) in [5.74, 6) is 2.18. The van der Waals surface area contributed by atoms with Gasteiger partial charge in [-0.2, -0.15) is 10.2 Å². The number of pyridine rings is 1. The molecule has 8 heteroatoms. The number of likely N-dealkylation sites (tertiary alicyclic amines) is 1. The number of para-hydroxylation sites is 3. The third-order valence-corrected chi connectivity index (χ3v) is 8.53. The second-order valence-electron chi connectivity index (χ2n) is 11.1. The number of nitrogens with zero attached hydrogens (tertiary/aromatic N) is 7. The average molecular weight is 551 g/mol. The van der Waals surface area contributed by atoms with E-state index in [-0.39, 0.29) is 0 Å². The van der Waals surface area contributed by atoms with Crippen molar-refractivity contribution in [1.82, 2.24) is 24.6 Å². The molecule has 206 valence electrons. The second-order valence-corrected chi connectivity index (χ2v) is 11.1. The summed E-state index contributed by atoms with van der Waals surface area (Å²) in [6.45, 7) is 3.06. The Bertz CT molecular complexity index is 1810. The first-order chi connectivity index (χ1) is 20.8. The number of hydrogen-bond acceptors (Lipinski definition) is 7. The van der Waals surface area contributed by atoms with Gasteiger partial charge in [0.25, 0.3) is 0 Å². The highest BCUT2D eigenvalue weighted by Crippen LogP contribution is 2.39. The number of hydrogen-bond donors (Lipinski definition) is 1. The molecule has 5 aromatic rings. The Balaban J connectivity index is 0.959. The van der Waals surface area contributed by atoms with Crippen LogP contribution in [0.5, 0.6) is 0 Å². The van der Waals surface area contributed by atoms with E-state index in [1.165, 1.54) is 11.3 Å². The molecule has 0 saturated carbocycles. The Morgan fingerprint density at radius 2 is 1.50 bits per heavy atom. The van der Waals surface area contributed by atoms with Crippen molar-refractivity contribution in [3.8, 4) is 28.5 Å². The van der Waals surface area contributed by atoms with Gasteiger partial charge in [0.15, 0.2) is 11.6 Å². The number of fused-ring (bicyclic) bond motifs is 5. The lowest BCUT2D eigenvalue weighted by Gasteiger charge is -2.32. The molecule has 0 amide bonds. The zero-order valence-electron chi connectivity index (χ0n) is 23.2. The summed E-state index contributed by atoms with van der Waals surface area (Å²) < 4.78 is 2.17. The lowest BCUT2D eigenvalue weighted by atomic mass is 9.89. The molecular weight excluding hydrogens is 520 g/mol. The fourth-order valence-electron chi connectivity index (χ4n) is 6.29. The van der Waals surface area contributed by atoms with Crippen molar-refractivity contribution < 1.29 is 0 Å². The van der Waals surface area contributed by atoms with Gasteiger partial charge >= 0.3 is 0 Å². The Hall–Kier alpha value is -4.95. The van der Waals surface area contributed by atoms with Crippen molar-refractivity contribution in [3.05, 3.63) is 108 Å². The standard InChI is InChI=1S/C34H30N8/c1-2-8-27-26(7-1)34-40-39-33(42(34)32-11-4-3-10-29(32)36-27)25-14-12-23(13-15-25)22-41-19-16-24(17-20-41)30-21-31(38-37-30)28-9-5-6-18-35-28/h1-15,18,24,36H,16-17,19-22H2. The number of rotatable bonds is 5. The van der Waals surface area contributed by atoms with Crippen LogP contribution in [0.25, 0.3) is 28.5 Å². The molecule has 0 unspecified atom stereocenters. The quantitative estimate of drug-likeness (QED) is 0.264. The Morgan fingerprint density at radius 3 is 2.33 bits per heavy atom. The van der Waals surface area contributed by atoms with E-state index < -0.39 is 0 Å². The third kappa shape index (κ3) is 4.50. The van der Waals surface area contributed by atoms with E-state index in [4.69, 9.17) is 0 Å². The molecule has 0 atom stereocenters. The molecule has 3 aromatic carbocycles.